The van der Waals surface area contributed by atoms with Gasteiger partial charge in [0.2, 0.25) is 0 Å². The van der Waals surface area contributed by atoms with Gasteiger partial charge in [0.05, 0.1) is 23.8 Å². The van der Waals surface area contributed by atoms with Gasteiger partial charge in [-0.1, -0.05) is 135 Å². The average molecular weight is 2670 g/mol. The van der Waals surface area contributed by atoms with Gasteiger partial charge in [-0.2, -0.15) is 234 Å². The van der Waals surface area contributed by atoms with E-state index in [1.54, 1.807) is 37.4 Å². The molecule has 0 saturated carbocycles. The molecule has 0 amide bonds. The van der Waals surface area contributed by atoms with Crippen LogP contribution in [0, 0.1) is 102 Å². The Morgan fingerprint density at radius 3 is 0.886 bits per heavy atom. The minimum absolute atomic E-state index is 0. The largest absolute Gasteiger partial charge is 0.514 e. The van der Waals surface area contributed by atoms with E-state index >= 15 is 0 Å². The molecule has 13 aromatic carbocycles. The van der Waals surface area contributed by atoms with Gasteiger partial charge in [-0.15, -0.1) is 36.1 Å². The van der Waals surface area contributed by atoms with E-state index in [9.17, 15) is 0 Å². The molecule has 16 heterocycles. The topological polar surface area (TPSA) is 208 Å². The standard InChI is InChI=1S/C17H12N4.4C16H12N2O.3C12H10N4.4Ir/c1-3-7-14(8-4-1)20-13-21(15-9-5-2-6-10-15)17-16(20)18-11-12-19-17;4*1-17-9-10-18(11-17)14-7-4-6-13-12-5-2-3-8-15(12)19-16(13)14;1-15-9-16(10-5-3-2-4-6-10)11-7-13-8-14-12(11)15;1-15-9-16(10-5-3-2-4-6-10)12-11(15)7-13-8-14-12;1-15-9-16(10-5-3-2-4-6-10)12-11(15)13-7-8-14-12;;;;/h1-9,11-13H;4*2-6,8-11H,1H3;3*2-5,7-9H,1H3;;;;/q8*-2;;;;. The first-order valence-corrected chi connectivity index (χ1v) is 46.4. The third kappa shape index (κ3) is 21.7. The van der Waals surface area contributed by atoms with Crippen molar-refractivity contribution in [2.75, 3.05) is 108 Å². The van der Waals surface area contributed by atoms with Crippen LogP contribution in [0.4, 0.5) is 97.5 Å². The number of hydrogen-bond donors (Lipinski definition) is 0. The van der Waals surface area contributed by atoms with Gasteiger partial charge in [0.15, 0.2) is 0 Å². The molecular formula is C117H90Ir4N24O4-16. The molecule has 8 aromatic heterocycles. The Morgan fingerprint density at radius 1 is 0.228 bits per heavy atom. The summed E-state index contributed by atoms with van der Waals surface area (Å²) in [6, 6.07) is 116. The number of para-hydroxylation sites is 9. The van der Waals surface area contributed by atoms with Crippen LogP contribution >= 0.6 is 0 Å². The number of fused-ring (bicyclic) bond motifs is 16. The Bertz CT molecular complexity index is 7450. The normalized spacial score (nSPS) is 14.1. The number of aromatic nitrogens is 8. The molecule has 4 radical (unpaired) electrons. The minimum atomic E-state index is 0. The third-order valence-electron chi connectivity index (χ3n) is 24.2. The molecule has 0 fully saturated rings. The van der Waals surface area contributed by atoms with Gasteiger partial charge in [-0.25, -0.2) is 39.9 Å². The second-order valence-corrected chi connectivity index (χ2v) is 34.0. The maximum atomic E-state index is 5.99. The summed E-state index contributed by atoms with van der Waals surface area (Å²) in [7, 11) is 13.9. The Morgan fingerprint density at radius 2 is 0.523 bits per heavy atom. The first-order chi connectivity index (χ1) is 71.3. The second kappa shape index (κ2) is 46.6. The number of nitrogens with zero attached hydrogens (tertiary/aromatic N) is 24. The van der Waals surface area contributed by atoms with E-state index in [0.29, 0.717) is 0 Å². The van der Waals surface area contributed by atoms with Crippen molar-refractivity contribution in [2.24, 2.45) is 0 Å². The molecule has 32 heteroatoms. The summed E-state index contributed by atoms with van der Waals surface area (Å²) < 4.78 is 23.9. The van der Waals surface area contributed by atoms with Gasteiger partial charge in [0.25, 0.3) is 0 Å². The zero-order valence-corrected chi connectivity index (χ0v) is 90.6. The smallest absolute Gasteiger partial charge is 0.145 e. The molecule has 149 heavy (non-hydrogen) atoms. The van der Waals surface area contributed by atoms with Crippen LogP contribution in [0.25, 0.3) is 87.8 Å². The molecular weight excluding hydrogens is 2570 g/mol. The first kappa shape index (κ1) is 103. The monoisotopic (exact) mass is 2670 g/mol. The predicted molar refractivity (Wildman–Crippen MR) is 574 cm³/mol. The van der Waals surface area contributed by atoms with Crippen LogP contribution in [0.5, 0.6) is 0 Å². The molecule has 0 unspecified atom stereocenters. The second-order valence-electron chi connectivity index (χ2n) is 34.0. The summed E-state index contributed by atoms with van der Waals surface area (Å²) in [5, 5.41) is 9.07. The van der Waals surface area contributed by atoms with Gasteiger partial charge in [0, 0.05) is 155 Å². The van der Waals surface area contributed by atoms with E-state index in [1.165, 1.54) is 0 Å². The van der Waals surface area contributed by atoms with E-state index < -0.39 is 0 Å². The number of furan rings is 4. The van der Waals surface area contributed by atoms with Crippen molar-refractivity contribution in [2.45, 2.75) is 0 Å². The maximum absolute atomic E-state index is 5.99. The SMILES string of the molecule is CN1C=CN(c2[c-]ccc3c2oc2ccccc23)[CH-]1.CN1C=CN(c2[c-]ccc3c2oc2ccccc23)[CH-]1.CN1C=CN(c2[c-]ccc3c2oc2ccccc23)[CH-]1.CN1C=CN(c2[c-]ccc3c2oc2ccccc23)[CH-]1.CN1[CH-]N(c2[c-]cccc2)c2cncnc21.CN1[CH-]N(c2[c-]cccc2)c2nccnc21.CN1[CH-]N(c2[c-]cccc2)c2ncncc21.[Ir].[Ir].[Ir].[Ir].[c-]1ccccc1N1[CH-]N(c2ccccc2)c2nccnc21. The van der Waals surface area contributed by atoms with E-state index in [1.807, 2.05) is 492 Å². The van der Waals surface area contributed by atoms with E-state index in [-0.39, 0.29) is 80.4 Å². The number of rotatable bonds is 9. The molecule has 21 aromatic rings. The molecule has 0 saturated heterocycles. The number of anilines is 17. The van der Waals surface area contributed by atoms with Gasteiger partial charge < -0.3 is 96.1 Å². The fourth-order valence-electron chi connectivity index (χ4n) is 17.4. The minimum Gasteiger partial charge on any atom is -0.514 e. The van der Waals surface area contributed by atoms with Crippen LogP contribution in [0.1, 0.15) is 0 Å². The van der Waals surface area contributed by atoms with Gasteiger partial charge in [0.1, 0.15) is 69.9 Å². The van der Waals surface area contributed by atoms with E-state index in [4.69, 9.17) is 17.7 Å². The summed E-state index contributed by atoms with van der Waals surface area (Å²) in [6.45, 7) is 15.9. The van der Waals surface area contributed by atoms with Crippen LogP contribution in [0.15, 0.2) is 390 Å². The summed E-state index contributed by atoms with van der Waals surface area (Å²) in [4.78, 5) is 66.2. The molecule has 8 aliphatic heterocycles. The van der Waals surface area contributed by atoms with E-state index in [2.05, 4.69) is 113 Å². The number of hydrogen-bond acceptors (Lipinski definition) is 28. The van der Waals surface area contributed by atoms with Crippen molar-refractivity contribution in [1.82, 2.24) is 59.5 Å². The van der Waals surface area contributed by atoms with Crippen LogP contribution in [0.3, 0.4) is 0 Å². The fourth-order valence-corrected chi connectivity index (χ4v) is 17.4. The molecule has 0 aliphatic carbocycles. The Kier molecular flexibility index (Phi) is 32.2. The zero-order valence-electron chi connectivity index (χ0n) is 81.0. The fraction of sp³-hybridized carbons (Fsp3) is 0.0598. The summed E-state index contributed by atoms with van der Waals surface area (Å²) in [5.74, 6) is 5.13. The van der Waals surface area contributed by atoms with Gasteiger partial charge in [-0.3, -0.25) is 0 Å². The Balaban J connectivity index is 0.000000111. The summed E-state index contributed by atoms with van der Waals surface area (Å²) >= 11 is 0. The van der Waals surface area contributed by atoms with Crippen molar-refractivity contribution >= 4 is 185 Å². The van der Waals surface area contributed by atoms with Crippen molar-refractivity contribution in [3.05, 3.63) is 474 Å². The van der Waals surface area contributed by atoms with E-state index in [0.717, 1.165) is 185 Å². The van der Waals surface area contributed by atoms with Crippen molar-refractivity contribution < 1.29 is 98.1 Å². The average Bonchev–Trinajstić information content (AvgIpc) is 1.62. The van der Waals surface area contributed by atoms with Gasteiger partial charge in [-0.05, 0) is 135 Å². The van der Waals surface area contributed by atoms with Crippen LogP contribution in [0.2, 0.25) is 0 Å². The molecule has 754 valence electrons. The molecule has 28 nitrogen and oxygen atoms in total. The quantitative estimate of drug-likeness (QED) is 0.123. The van der Waals surface area contributed by atoms with Crippen molar-refractivity contribution in [3.8, 4) is 0 Å². The van der Waals surface area contributed by atoms with Gasteiger partial charge >= 0.3 is 0 Å². The van der Waals surface area contributed by atoms with Crippen LogP contribution < -0.4 is 58.8 Å². The molecule has 0 spiro atoms. The molecule has 0 atom stereocenters. The Hall–Kier alpha value is -16.3. The first-order valence-electron chi connectivity index (χ1n) is 46.4. The third-order valence-corrected chi connectivity index (χ3v) is 24.2. The van der Waals surface area contributed by atoms with Crippen LogP contribution in [-0.2, 0) is 80.4 Å². The molecule has 8 aliphatic rings. The molecule has 0 N–H and O–H groups in total. The van der Waals surface area contributed by atoms with Crippen molar-refractivity contribution in [1.29, 1.82) is 0 Å². The summed E-state index contributed by atoms with van der Waals surface area (Å²) in [5.41, 5.74) is 17.8. The summed E-state index contributed by atoms with van der Waals surface area (Å²) in [6.07, 6.45) is 29.5. The predicted octanol–water partition coefficient (Wildman–Crippen LogP) is 24.5. The van der Waals surface area contributed by atoms with Crippen molar-refractivity contribution in [3.63, 3.8) is 0 Å². The molecule has 0 bridgehead atoms. The maximum Gasteiger partial charge on any atom is 0.145 e. The Labute approximate surface area is 917 Å². The van der Waals surface area contributed by atoms with Crippen LogP contribution in [-0.4, -0.2) is 109 Å². The molecule has 29 rings (SSSR count). The number of benzene rings is 13. The zero-order chi connectivity index (χ0) is 98.2.